The highest BCUT2D eigenvalue weighted by Gasteiger charge is 2.13. The van der Waals surface area contributed by atoms with Gasteiger partial charge in [-0.15, -0.1) is 0 Å². The van der Waals surface area contributed by atoms with Crippen LogP contribution in [0.25, 0.3) is 0 Å². The van der Waals surface area contributed by atoms with E-state index in [2.05, 4.69) is 11.8 Å². The summed E-state index contributed by atoms with van der Waals surface area (Å²) in [5, 5.41) is 8.52. The van der Waals surface area contributed by atoms with Crippen LogP contribution >= 0.6 is 11.8 Å². The van der Waals surface area contributed by atoms with Crippen molar-refractivity contribution in [3.63, 3.8) is 0 Å². The first-order valence-corrected chi connectivity index (χ1v) is 4.77. The van der Waals surface area contributed by atoms with E-state index >= 15 is 0 Å². The Hall–Kier alpha value is 0.310. The maximum atomic E-state index is 8.52. The van der Waals surface area contributed by atoms with E-state index in [-0.39, 0.29) is 0 Å². The van der Waals surface area contributed by atoms with Crippen LogP contribution < -0.4 is 0 Å². The van der Waals surface area contributed by atoms with Gasteiger partial charge in [-0.1, -0.05) is 0 Å². The van der Waals surface area contributed by atoms with E-state index in [1.807, 2.05) is 0 Å². The van der Waals surface area contributed by atoms with Crippen LogP contribution in [0.4, 0.5) is 0 Å². The molecule has 1 nitrogen and oxygen atoms in total. The minimum atomic E-state index is 0.376. The van der Waals surface area contributed by atoms with Crippen molar-refractivity contribution in [3.05, 3.63) is 0 Å². The van der Waals surface area contributed by atoms with E-state index in [0.29, 0.717) is 6.61 Å². The van der Waals surface area contributed by atoms with Gasteiger partial charge in [0.15, 0.2) is 0 Å². The molecule has 0 saturated carbocycles. The Bertz CT molecular complexity index is 69.3. The normalized spacial score (nSPS) is 27.0. The SMILES string of the molecule is OCCCC1CCSC1. The third-order valence-corrected chi connectivity index (χ3v) is 3.03. The van der Waals surface area contributed by atoms with Crippen molar-refractivity contribution in [1.82, 2.24) is 0 Å². The fraction of sp³-hybridized carbons (Fsp3) is 1.00. The summed E-state index contributed by atoms with van der Waals surface area (Å²) >= 11 is 2.05. The molecule has 1 unspecified atom stereocenters. The van der Waals surface area contributed by atoms with Crippen LogP contribution in [0.15, 0.2) is 0 Å². The highest BCUT2D eigenvalue weighted by atomic mass is 32.2. The van der Waals surface area contributed by atoms with Gasteiger partial charge < -0.3 is 5.11 Å². The number of aliphatic hydroxyl groups excluding tert-OH is 1. The molecule has 1 N–H and O–H groups in total. The van der Waals surface area contributed by atoms with E-state index in [1.165, 1.54) is 24.3 Å². The lowest BCUT2D eigenvalue weighted by atomic mass is 10.0. The van der Waals surface area contributed by atoms with Crippen molar-refractivity contribution in [3.8, 4) is 0 Å². The summed E-state index contributed by atoms with van der Waals surface area (Å²) in [4.78, 5) is 0. The summed E-state index contributed by atoms with van der Waals surface area (Å²) in [5.74, 6) is 3.60. The Morgan fingerprint density at radius 2 is 2.44 bits per heavy atom. The maximum Gasteiger partial charge on any atom is 0.0431 e. The van der Waals surface area contributed by atoms with E-state index in [4.69, 9.17) is 5.11 Å². The molecule has 0 aromatic heterocycles. The third kappa shape index (κ3) is 2.59. The first-order chi connectivity index (χ1) is 4.43. The van der Waals surface area contributed by atoms with Crippen molar-refractivity contribution < 1.29 is 5.11 Å². The van der Waals surface area contributed by atoms with Crippen molar-refractivity contribution in [2.24, 2.45) is 5.92 Å². The molecule has 1 aliphatic rings. The smallest absolute Gasteiger partial charge is 0.0431 e. The van der Waals surface area contributed by atoms with Gasteiger partial charge in [0.25, 0.3) is 0 Å². The molecule has 1 heterocycles. The van der Waals surface area contributed by atoms with Gasteiger partial charge >= 0.3 is 0 Å². The molecule has 0 bridgehead atoms. The molecule has 0 aromatic carbocycles. The molecule has 0 amide bonds. The fourth-order valence-corrected chi connectivity index (χ4v) is 2.52. The molecule has 1 aliphatic heterocycles. The minimum Gasteiger partial charge on any atom is -0.396 e. The molecule has 9 heavy (non-hydrogen) atoms. The summed E-state index contributed by atoms with van der Waals surface area (Å²) in [6.45, 7) is 0.376. The van der Waals surface area contributed by atoms with Crippen molar-refractivity contribution in [1.29, 1.82) is 0 Å². The number of rotatable bonds is 3. The standard InChI is InChI=1S/C7H14OS/c8-4-1-2-7-3-5-9-6-7/h7-8H,1-6H2. The average Bonchev–Trinajstić information content (AvgIpc) is 2.34. The number of thioether (sulfide) groups is 1. The number of hydrogen-bond donors (Lipinski definition) is 1. The van der Waals surface area contributed by atoms with Crippen LogP contribution in [0, 0.1) is 5.92 Å². The van der Waals surface area contributed by atoms with E-state index in [0.717, 1.165) is 12.3 Å². The van der Waals surface area contributed by atoms with Crippen LogP contribution in [0.3, 0.4) is 0 Å². The molecule has 1 atom stereocenters. The zero-order valence-electron chi connectivity index (χ0n) is 5.68. The highest BCUT2D eigenvalue weighted by Crippen LogP contribution is 2.26. The van der Waals surface area contributed by atoms with Crippen LogP contribution in [0.5, 0.6) is 0 Å². The van der Waals surface area contributed by atoms with E-state index in [9.17, 15) is 0 Å². The minimum absolute atomic E-state index is 0.376. The Morgan fingerprint density at radius 1 is 1.56 bits per heavy atom. The molecule has 0 spiro atoms. The summed E-state index contributed by atoms with van der Waals surface area (Å²) in [7, 11) is 0. The fourth-order valence-electron chi connectivity index (χ4n) is 1.19. The monoisotopic (exact) mass is 146 g/mol. The zero-order chi connectivity index (χ0) is 6.53. The molecule has 1 rings (SSSR count). The predicted octanol–water partition coefficient (Wildman–Crippen LogP) is 1.51. The van der Waals surface area contributed by atoms with Crippen LogP contribution in [0.1, 0.15) is 19.3 Å². The predicted molar refractivity (Wildman–Crippen MR) is 41.8 cm³/mol. The van der Waals surface area contributed by atoms with Gasteiger partial charge in [0.1, 0.15) is 0 Å². The van der Waals surface area contributed by atoms with Crippen molar-refractivity contribution in [2.75, 3.05) is 18.1 Å². The Kier molecular flexibility index (Phi) is 3.44. The van der Waals surface area contributed by atoms with Crippen LogP contribution in [-0.4, -0.2) is 23.2 Å². The molecule has 54 valence electrons. The lowest BCUT2D eigenvalue weighted by molar-refractivity contribution is 0.274. The van der Waals surface area contributed by atoms with Gasteiger partial charge in [0, 0.05) is 6.61 Å². The summed E-state index contributed by atoms with van der Waals surface area (Å²) in [6, 6.07) is 0. The summed E-state index contributed by atoms with van der Waals surface area (Å²) < 4.78 is 0. The molecule has 1 saturated heterocycles. The Labute approximate surface area is 60.8 Å². The lowest BCUT2D eigenvalue weighted by Gasteiger charge is -2.04. The van der Waals surface area contributed by atoms with Gasteiger partial charge in [-0.2, -0.15) is 11.8 Å². The van der Waals surface area contributed by atoms with E-state index in [1.54, 1.807) is 0 Å². The lowest BCUT2D eigenvalue weighted by Crippen LogP contribution is -1.98. The topological polar surface area (TPSA) is 20.2 Å². The highest BCUT2D eigenvalue weighted by molar-refractivity contribution is 7.99. The largest absolute Gasteiger partial charge is 0.396 e. The van der Waals surface area contributed by atoms with Gasteiger partial charge in [0.05, 0.1) is 0 Å². The second-order valence-corrected chi connectivity index (χ2v) is 3.75. The molecule has 2 heteroatoms. The van der Waals surface area contributed by atoms with Gasteiger partial charge in [0.2, 0.25) is 0 Å². The molecular weight excluding hydrogens is 132 g/mol. The molecule has 0 aromatic rings. The number of aliphatic hydroxyl groups is 1. The third-order valence-electron chi connectivity index (χ3n) is 1.79. The van der Waals surface area contributed by atoms with Gasteiger partial charge in [-0.05, 0) is 36.7 Å². The van der Waals surface area contributed by atoms with Crippen LogP contribution in [0.2, 0.25) is 0 Å². The van der Waals surface area contributed by atoms with E-state index < -0.39 is 0 Å². The Morgan fingerprint density at radius 3 is 3.00 bits per heavy atom. The number of hydrogen-bond acceptors (Lipinski definition) is 2. The van der Waals surface area contributed by atoms with Crippen molar-refractivity contribution in [2.45, 2.75) is 19.3 Å². The maximum absolute atomic E-state index is 8.52. The molecule has 0 aliphatic carbocycles. The second kappa shape index (κ2) is 4.18. The summed E-state index contributed by atoms with van der Waals surface area (Å²) in [6.07, 6.45) is 3.62. The second-order valence-electron chi connectivity index (χ2n) is 2.60. The van der Waals surface area contributed by atoms with Gasteiger partial charge in [-0.3, -0.25) is 0 Å². The van der Waals surface area contributed by atoms with Gasteiger partial charge in [-0.25, -0.2) is 0 Å². The van der Waals surface area contributed by atoms with Crippen LogP contribution in [-0.2, 0) is 0 Å². The Balaban J connectivity index is 1.98. The summed E-state index contributed by atoms with van der Waals surface area (Å²) in [5.41, 5.74) is 0. The first-order valence-electron chi connectivity index (χ1n) is 3.62. The zero-order valence-corrected chi connectivity index (χ0v) is 6.49. The first kappa shape index (κ1) is 7.42. The van der Waals surface area contributed by atoms with Crippen molar-refractivity contribution >= 4 is 11.8 Å². The quantitative estimate of drug-likeness (QED) is 0.651. The molecular formula is C7H14OS. The molecule has 1 fully saturated rings. The average molecular weight is 146 g/mol. The molecule has 0 radical (unpaired) electrons.